The molecule has 0 spiro atoms. The van der Waals surface area contributed by atoms with E-state index >= 15 is 0 Å². The third-order valence-corrected chi connectivity index (χ3v) is 7.33. The molecule has 4 rings (SSSR count). The van der Waals surface area contributed by atoms with Crippen molar-refractivity contribution in [3.8, 4) is 11.5 Å². The number of piperazine rings is 1. The molecule has 0 saturated carbocycles. The molecule has 0 unspecified atom stereocenters. The maximum absolute atomic E-state index is 12.6. The van der Waals surface area contributed by atoms with Crippen molar-refractivity contribution in [3.05, 3.63) is 59.7 Å². The molecular weight excluding hydrogens is 418 g/mol. The Balaban J connectivity index is 1.29. The second-order valence-electron chi connectivity index (χ2n) is 7.86. The minimum Gasteiger partial charge on any atom is -0.486 e. The summed E-state index contributed by atoms with van der Waals surface area (Å²) in [5.41, 5.74) is 1.13. The van der Waals surface area contributed by atoms with E-state index in [1.54, 1.807) is 24.3 Å². The summed E-state index contributed by atoms with van der Waals surface area (Å²) >= 11 is 0. The zero-order chi connectivity index (χ0) is 21.8. The number of benzene rings is 2. The molecule has 2 aromatic rings. The predicted octanol–water partition coefficient (Wildman–Crippen LogP) is 1.33. The lowest BCUT2D eigenvalue weighted by molar-refractivity contribution is 0.0789. The van der Waals surface area contributed by atoms with E-state index in [1.165, 1.54) is 4.31 Å². The van der Waals surface area contributed by atoms with Crippen molar-refractivity contribution in [2.24, 2.45) is 0 Å². The number of hydrogen-bond acceptors (Lipinski definition) is 6. The van der Waals surface area contributed by atoms with Gasteiger partial charge in [0.2, 0.25) is 10.0 Å². The van der Waals surface area contributed by atoms with Gasteiger partial charge in [-0.05, 0) is 36.9 Å². The van der Waals surface area contributed by atoms with Gasteiger partial charge in [0.25, 0.3) is 5.91 Å². The SMILES string of the molecule is CN1CCN(S(=O)(=O)Cc2ccc(C(=O)NC[C@H]3COc4ccccc4O3)cc2)CC1. The molecule has 1 saturated heterocycles. The van der Waals surface area contributed by atoms with E-state index < -0.39 is 10.0 Å². The molecule has 1 fully saturated rings. The Kier molecular flexibility index (Phi) is 6.45. The molecule has 8 nitrogen and oxygen atoms in total. The van der Waals surface area contributed by atoms with Crippen molar-refractivity contribution in [3.63, 3.8) is 0 Å². The highest BCUT2D eigenvalue weighted by Gasteiger charge is 2.26. The molecule has 2 aliphatic rings. The molecule has 0 aliphatic carbocycles. The van der Waals surface area contributed by atoms with Gasteiger partial charge >= 0.3 is 0 Å². The van der Waals surface area contributed by atoms with Crippen molar-refractivity contribution in [2.45, 2.75) is 11.9 Å². The topological polar surface area (TPSA) is 88.2 Å². The van der Waals surface area contributed by atoms with Gasteiger partial charge in [-0.1, -0.05) is 24.3 Å². The lowest BCUT2D eigenvalue weighted by Gasteiger charge is -2.31. The third-order valence-electron chi connectivity index (χ3n) is 5.48. The summed E-state index contributed by atoms with van der Waals surface area (Å²) in [6, 6.07) is 14.1. The van der Waals surface area contributed by atoms with E-state index in [1.807, 2.05) is 31.3 Å². The fourth-order valence-electron chi connectivity index (χ4n) is 3.59. The summed E-state index contributed by atoms with van der Waals surface area (Å²) in [5.74, 6) is 1.06. The first-order valence-corrected chi connectivity index (χ1v) is 11.9. The zero-order valence-corrected chi connectivity index (χ0v) is 18.3. The zero-order valence-electron chi connectivity index (χ0n) is 17.5. The number of carbonyl (C=O) groups is 1. The van der Waals surface area contributed by atoms with E-state index in [2.05, 4.69) is 10.2 Å². The highest BCUT2D eigenvalue weighted by atomic mass is 32.2. The van der Waals surface area contributed by atoms with Gasteiger partial charge < -0.3 is 19.7 Å². The van der Waals surface area contributed by atoms with E-state index in [0.29, 0.717) is 48.9 Å². The van der Waals surface area contributed by atoms with Gasteiger partial charge in [-0.15, -0.1) is 0 Å². The first-order valence-electron chi connectivity index (χ1n) is 10.3. The number of sulfonamides is 1. The molecule has 2 aromatic carbocycles. The van der Waals surface area contributed by atoms with Crippen LogP contribution in [0, 0.1) is 0 Å². The van der Waals surface area contributed by atoms with Crippen LogP contribution in [0.5, 0.6) is 11.5 Å². The van der Waals surface area contributed by atoms with Crippen LogP contribution in [0.3, 0.4) is 0 Å². The number of ether oxygens (including phenoxy) is 2. The average Bonchev–Trinajstić information content (AvgIpc) is 2.78. The fraction of sp³-hybridized carbons (Fsp3) is 0.409. The molecular formula is C22H27N3O5S. The minimum atomic E-state index is -3.37. The summed E-state index contributed by atoms with van der Waals surface area (Å²) < 4.78 is 38.3. The molecule has 1 N–H and O–H groups in total. The Morgan fingerprint density at radius 2 is 1.71 bits per heavy atom. The molecule has 2 aliphatic heterocycles. The summed E-state index contributed by atoms with van der Waals surface area (Å²) in [4.78, 5) is 14.6. The van der Waals surface area contributed by atoms with Gasteiger partial charge in [-0.2, -0.15) is 4.31 Å². The Hall–Kier alpha value is -2.62. The van der Waals surface area contributed by atoms with Gasteiger partial charge in [0, 0.05) is 31.7 Å². The molecule has 1 atom stereocenters. The van der Waals surface area contributed by atoms with Gasteiger partial charge in [0.05, 0.1) is 12.3 Å². The van der Waals surface area contributed by atoms with Crippen LogP contribution in [0.4, 0.5) is 0 Å². The summed E-state index contributed by atoms with van der Waals surface area (Å²) in [6.07, 6.45) is -0.271. The quantitative estimate of drug-likeness (QED) is 0.722. The lowest BCUT2D eigenvalue weighted by Crippen LogP contribution is -2.47. The van der Waals surface area contributed by atoms with Crippen LogP contribution in [0.2, 0.25) is 0 Å². The summed E-state index contributed by atoms with van der Waals surface area (Å²) in [7, 11) is -1.38. The number of likely N-dealkylation sites (N-methyl/N-ethyl adjacent to an activating group) is 1. The third kappa shape index (κ3) is 5.36. The Labute approximate surface area is 182 Å². The largest absolute Gasteiger partial charge is 0.486 e. The smallest absolute Gasteiger partial charge is 0.251 e. The fourth-order valence-corrected chi connectivity index (χ4v) is 5.11. The van der Waals surface area contributed by atoms with Crippen LogP contribution in [0.1, 0.15) is 15.9 Å². The van der Waals surface area contributed by atoms with E-state index in [4.69, 9.17) is 9.47 Å². The monoisotopic (exact) mass is 445 g/mol. The number of nitrogens with zero attached hydrogens (tertiary/aromatic N) is 2. The number of hydrogen-bond donors (Lipinski definition) is 1. The van der Waals surface area contributed by atoms with Crippen LogP contribution in [-0.4, -0.2) is 76.0 Å². The van der Waals surface area contributed by atoms with Crippen LogP contribution >= 0.6 is 0 Å². The Bertz CT molecular complexity index is 1020. The van der Waals surface area contributed by atoms with Gasteiger partial charge in [-0.3, -0.25) is 4.79 Å². The van der Waals surface area contributed by atoms with Crippen LogP contribution < -0.4 is 14.8 Å². The maximum Gasteiger partial charge on any atom is 0.251 e. The van der Waals surface area contributed by atoms with E-state index in [9.17, 15) is 13.2 Å². The van der Waals surface area contributed by atoms with Crippen LogP contribution in [-0.2, 0) is 15.8 Å². The van der Waals surface area contributed by atoms with Crippen molar-refractivity contribution in [1.82, 2.24) is 14.5 Å². The number of rotatable bonds is 6. The Morgan fingerprint density at radius 1 is 1.03 bits per heavy atom. The number of fused-ring (bicyclic) bond motifs is 1. The summed E-state index contributed by atoms with van der Waals surface area (Å²) in [5, 5.41) is 2.85. The van der Waals surface area contributed by atoms with Crippen molar-refractivity contribution < 1.29 is 22.7 Å². The molecule has 9 heteroatoms. The molecule has 166 valence electrons. The molecule has 31 heavy (non-hydrogen) atoms. The van der Waals surface area contributed by atoms with Gasteiger partial charge in [0.1, 0.15) is 12.7 Å². The Morgan fingerprint density at radius 3 is 2.42 bits per heavy atom. The lowest BCUT2D eigenvalue weighted by atomic mass is 10.1. The molecule has 1 amide bonds. The first-order chi connectivity index (χ1) is 14.9. The van der Waals surface area contributed by atoms with Crippen LogP contribution in [0.25, 0.3) is 0 Å². The highest BCUT2D eigenvalue weighted by molar-refractivity contribution is 7.88. The molecule has 0 bridgehead atoms. The second kappa shape index (κ2) is 9.25. The maximum atomic E-state index is 12.6. The van der Waals surface area contributed by atoms with E-state index in [-0.39, 0.29) is 17.8 Å². The highest BCUT2D eigenvalue weighted by Crippen LogP contribution is 2.30. The normalized spacial score (nSPS) is 19.7. The predicted molar refractivity (Wildman–Crippen MR) is 117 cm³/mol. The summed E-state index contributed by atoms with van der Waals surface area (Å²) in [6.45, 7) is 3.17. The average molecular weight is 446 g/mol. The minimum absolute atomic E-state index is 0.0642. The molecule has 2 heterocycles. The van der Waals surface area contributed by atoms with Crippen molar-refractivity contribution >= 4 is 15.9 Å². The van der Waals surface area contributed by atoms with Crippen LogP contribution in [0.15, 0.2) is 48.5 Å². The second-order valence-corrected chi connectivity index (χ2v) is 9.83. The number of para-hydroxylation sites is 2. The van der Waals surface area contributed by atoms with Crippen molar-refractivity contribution in [1.29, 1.82) is 0 Å². The van der Waals surface area contributed by atoms with Gasteiger partial charge in [0.15, 0.2) is 11.5 Å². The first kappa shape index (κ1) is 21.6. The molecule has 0 radical (unpaired) electrons. The number of amides is 1. The van der Waals surface area contributed by atoms with Gasteiger partial charge in [-0.25, -0.2) is 8.42 Å². The molecule has 0 aromatic heterocycles. The standard InChI is InChI=1S/C22H27N3O5S/c1-24-10-12-25(13-11-24)31(27,28)16-17-6-8-18(9-7-17)22(26)23-14-19-15-29-20-4-2-3-5-21(20)30-19/h2-9,19H,10-16H2,1H3,(H,23,26)/t19-/m0/s1. The van der Waals surface area contributed by atoms with E-state index in [0.717, 1.165) is 13.1 Å². The number of nitrogens with one attached hydrogen (secondary N) is 1. The van der Waals surface area contributed by atoms with Crippen molar-refractivity contribution in [2.75, 3.05) is 46.4 Å². The number of carbonyl (C=O) groups excluding carboxylic acids is 1.